The van der Waals surface area contributed by atoms with Crippen LogP contribution in [0.25, 0.3) is 0 Å². The Hall–Kier alpha value is -0.0800. The first-order valence-electron chi connectivity index (χ1n) is 4.05. The van der Waals surface area contributed by atoms with Crippen LogP contribution < -0.4 is 0 Å². The third-order valence-corrected chi connectivity index (χ3v) is 2.77. The molecule has 1 unspecified atom stereocenters. The van der Waals surface area contributed by atoms with Gasteiger partial charge >= 0.3 is 0 Å². The molecule has 0 amide bonds. The number of rotatable bonds is 4. The van der Waals surface area contributed by atoms with Crippen molar-refractivity contribution in [1.82, 2.24) is 0 Å². The van der Waals surface area contributed by atoms with Crippen molar-refractivity contribution in [2.24, 2.45) is 0 Å². The maximum atomic E-state index is 8.92. The van der Waals surface area contributed by atoms with Gasteiger partial charge in [0, 0.05) is 0 Å². The molecule has 0 spiro atoms. The first-order chi connectivity index (χ1) is 4.60. The van der Waals surface area contributed by atoms with E-state index in [1.807, 2.05) is 0 Å². The molecule has 10 heavy (non-hydrogen) atoms. The second kappa shape index (κ2) is 3.94. The Morgan fingerprint density at radius 3 is 1.80 bits per heavy atom. The molecule has 0 aromatic heterocycles. The monoisotopic (exact) mass is 146 g/mol. The first-order valence-corrected chi connectivity index (χ1v) is 4.05. The van der Waals surface area contributed by atoms with Crippen LogP contribution in [0.1, 0.15) is 20.8 Å². The van der Waals surface area contributed by atoms with E-state index in [1.165, 1.54) is 0 Å². The Morgan fingerprint density at radius 2 is 1.70 bits per heavy atom. The molecule has 0 aromatic rings. The molecule has 1 N–H and O–H groups in total. The summed E-state index contributed by atoms with van der Waals surface area (Å²) in [7, 11) is 2.18. The van der Waals surface area contributed by atoms with E-state index in [0.717, 1.165) is 17.6 Å². The summed E-state index contributed by atoms with van der Waals surface area (Å²) in [6, 6.07) is 0.370. The van der Waals surface area contributed by atoms with E-state index >= 15 is 0 Å². The fraction of sp³-hybridized carbons (Fsp3) is 1.00. The van der Waals surface area contributed by atoms with Crippen molar-refractivity contribution in [3.63, 3.8) is 0 Å². The highest BCUT2D eigenvalue weighted by Crippen LogP contribution is 2.07. The second-order valence-electron chi connectivity index (χ2n) is 3.14. The molecule has 0 aliphatic carbocycles. The zero-order valence-corrected chi connectivity index (χ0v) is 7.59. The lowest BCUT2D eigenvalue weighted by atomic mass is 10.2. The first kappa shape index (κ1) is 9.92. The van der Waals surface area contributed by atoms with Crippen LogP contribution in [0.2, 0.25) is 0 Å². The van der Waals surface area contributed by atoms with Gasteiger partial charge < -0.3 is 9.59 Å². The molecule has 0 heterocycles. The standard InChI is InChI=1S/C8H20NO/c1-5-9(4,6-2)8(3)7-10/h8,10H,5-7H2,1-4H3/q+1. The number of aliphatic hydroxyl groups is 1. The smallest absolute Gasteiger partial charge is 0.109 e. The van der Waals surface area contributed by atoms with Gasteiger partial charge in [-0.05, 0) is 20.8 Å². The van der Waals surface area contributed by atoms with Crippen LogP contribution in [0.15, 0.2) is 0 Å². The molecular formula is C8H20NO+. The lowest BCUT2D eigenvalue weighted by Crippen LogP contribution is -2.52. The van der Waals surface area contributed by atoms with Crippen LogP contribution in [0.4, 0.5) is 0 Å². The van der Waals surface area contributed by atoms with Crippen molar-refractivity contribution >= 4 is 0 Å². The largest absolute Gasteiger partial charge is 0.390 e. The second-order valence-corrected chi connectivity index (χ2v) is 3.14. The zero-order chi connectivity index (χ0) is 8.20. The maximum Gasteiger partial charge on any atom is 0.109 e. The number of nitrogens with zero attached hydrogens (tertiary/aromatic N) is 1. The molecule has 0 fully saturated rings. The predicted octanol–water partition coefficient (Wildman–Crippen LogP) is 0.854. The van der Waals surface area contributed by atoms with Gasteiger partial charge in [-0.3, -0.25) is 0 Å². The summed E-state index contributed by atoms with van der Waals surface area (Å²) < 4.78 is 0.969. The summed E-state index contributed by atoms with van der Waals surface area (Å²) in [5.74, 6) is 0. The minimum atomic E-state index is 0.290. The normalized spacial score (nSPS) is 15.3. The van der Waals surface area contributed by atoms with Gasteiger partial charge in [0.05, 0.1) is 26.7 Å². The van der Waals surface area contributed by atoms with Crippen LogP contribution in [-0.4, -0.2) is 42.4 Å². The Kier molecular flexibility index (Phi) is 3.91. The maximum absolute atomic E-state index is 8.92. The Labute approximate surface area is 64.1 Å². The highest BCUT2D eigenvalue weighted by molar-refractivity contribution is 4.46. The van der Waals surface area contributed by atoms with Crippen LogP contribution in [0.3, 0.4) is 0 Å². The van der Waals surface area contributed by atoms with Gasteiger partial charge in [0.15, 0.2) is 0 Å². The summed E-state index contributed by atoms with van der Waals surface area (Å²) in [4.78, 5) is 0. The van der Waals surface area contributed by atoms with E-state index in [0.29, 0.717) is 6.04 Å². The molecule has 0 saturated carbocycles. The summed E-state index contributed by atoms with van der Waals surface area (Å²) in [5, 5.41) is 8.92. The molecule has 0 aliphatic rings. The van der Waals surface area contributed by atoms with E-state index in [1.54, 1.807) is 0 Å². The average molecular weight is 146 g/mol. The fourth-order valence-corrected chi connectivity index (χ4v) is 1.04. The van der Waals surface area contributed by atoms with E-state index < -0.39 is 0 Å². The van der Waals surface area contributed by atoms with Crippen molar-refractivity contribution in [3.8, 4) is 0 Å². The summed E-state index contributed by atoms with van der Waals surface area (Å²) in [6.45, 7) is 8.90. The number of hydrogen-bond donors (Lipinski definition) is 1. The molecule has 0 bridgehead atoms. The Morgan fingerprint density at radius 1 is 1.30 bits per heavy atom. The number of aliphatic hydroxyl groups excluding tert-OH is 1. The number of hydrogen-bond acceptors (Lipinski definition) is 1. The number of quaternary nitrogens is 1. The van der Waals surface area contributed by atoms with Gasteiger partial charge in [-0.25, -0.2) is 0 Å². The molecule has 2 heteroatoms. The predicted molar refractivity (Wildman–Crippen MR) is 43.8 cm³/mol. The third-order valence-electron chi connectivity index (χ3n) is 2.77. The third kappa shape index (κ3) is 1.96. The lowest BCUT2D eigenvalue weighted by Gasteiger charge is -2.37. The molecule has 0 radical (unpaired) electrons. The quantitative estimate of drug-likeness (QED) is 0.583. The summed E-state index contributed by atoms with van der Waals surface area (Å²) in [6.07, 6.45) is 0. The minimum Gasteiger partial charge on any atom is -0.390 e. The highest BCUT2D eigenvalue weighted by atomic mass is 16.3. The molecule has 0 aromatic carbocycles. The Bertz CT molecular complexity index is 89.3. The average Bonchev–Trinajstić information content (AvgIpc) is 2.01. The molecule has 0 rings (SSSR count). The molecule has 1 atom stereocenters. The lowest BCUT2D eigenvalue weighted by molar-refractivity contribution is -0.928. The Balaban J connectivity index is 4.02. The van der Waals surface area contributed by atoms with Gasteiger partial charge in [-0.15, -0.1) is 0 Å². The van der Waals surface area contributed by atoms with E-state index in [2.05, 4.69) is 27.8 Å². The SMILES string of the molecule is CC[N+](C)(CC)C(C)CO. The van der Waals surface area contributed by atoms with Gasteiger partial charge in [-0.1, -0.05) is 0 Å². The van der Waals surface area contributed by atoms with E-state index in [4.69, 9.17) is 5.11 Å². The topological polar surface area (TPSA) is 20.2 Å². The van der Waals surface area contributed by atoms with Crippen molar-refractivity contribution in [3.05, 3.63) is 0 Å². The minimum absolute atomic E-state index is 0.290. The van der Waals surface area contributed by atoms with E-state index in [-0.39, 0.29) is 6.61 Å². The van der Waals surface area contributed by atoms with Gasteiger partial charge in [0.25, 0.3) is 0 Å². The summed E-state index contributed by atoms with van der Waals surface area (Å²) >= 11 is 0. The van der Waals surface area contributed by atoms with Crippen LogP contribution in [0.5, 0.6) is 0 Å². The number of likely N-dealkylation sites (N-methyl/N-ethyl adjacent to an activating group) is 1. The zero-order valence-electron chi connectivity index (χ0n) is 7.59. The van der Waals surface area contributed by atoms with Crippen LogP contribution in [-0.2, 0) is 0 Å². The van der Waals surface area contributed by atoms with Crippen molar-refractivity contribution in [2.45, 2.75) is 26.8 Å². The van der Waals surface area contributed by atoms with Crippen LogP contribution in [0, 0.1) is 0 Å². The van der Waals surface area contributed by atoms with Crippen molar-refractivity contribution in [2.75, 3.05) is 26.7 Å². The van der Waals surface area contributed by atoms with Crippen molar-refractivity contribution < 1.29 is 9.59 Å². The molecular weight excluding hydrogens is 126 g/mol. The molecule has 0 aliphatic heterocycles. The van der Waals surface area contributed by atoms with Gasteiger partial charge in [-0.2, -0.15) is 0 Å². The molecule has 0 saturated heterocycles. The summed E-state index contributed by atoms with van der Waals surface area (Å²) in [5.41, 5.74) is 0. The molecule has 2 nitrogen and oxygen atoms in total. The molecule has 62 valence electrons. The van der Waals surface area contributed by atoms with E-state index in [9.17, 15) is 0 Å². The van der Waals surface area contributed by atoms with Gasteiger partial charge in [0.1, 0.15) is 6.04 Å². The fourth-order valence-electron chi connectivity index (χ4n) is 1.04. The van der Waals surface area contributed by atoms with Gasteiger partial charge in [0.2, 0.25) is 0 Å². The van der Waals surface area contributed by atoms with Crippen LogP contribution >= 0.6 is 0 Å². The highest BCUT2D eigenvalue weighted by Gasteiger charge is 2.23. The van der Waals surface area contributed by atoms with Crippen molar-refractivity contribution in [1.29, 1.82) is 0 Å².